The van der Waals surface area contributed by atoms with E-state index < -0.39 is 16.9 Å². The van der Waals surface area contributed by atoms with Crippen LogP contribution in [0.25, 0.3) is 0 Å². The first-order chi connectivity index (χ1) is 8.24. The second-order valence-electron chi connectivity index (χ2n) is 5.17. The van der Waals surface area contributed by atoms with Gasteiger partial charge in [0, 0.05) is 41.5 Å². The Labute approximate surface area is 106 Å². The Morgan fingerprint density at radius 2 is 2.00 bits per heavy atom. The van der Waals surface area contributed by atoms with E-state index >= 15 is 0 Å². The van der Waals surface area contributed by atoms with E-state index in [4.69, 9.17) is 4.74 Å². The van der Waals surface area contributed by atoms with Gasteiger partial charge < -0.3 is 15.2 Å². The lowest BCUT2D eigenvalue weighted by Gasteiger charge is -2.24. The predicted octanol–water partition coefficient (Wildman–Crippen LogP) is 0.275. The van der Waals surface area contributed by atoms with Gasteiger partial charge in [-0.1, -0.05) is 0 Å². The highest BCUT2D eigenvalue weighted by Gasteiger charge is 2.22. The summed E-state index contributed by atoms with van der Waals surface area (Å²) in [6.45, 7) is 1.82. The Morgan fingerprint density at radius 1 is 1.29 bits per heavy atom. The second kappa shape index (κ2) is 6.83. The molecule has 0 aromatic carbocycles. The topological polar surface area (TPSA) is 58.6 Å². The number of ether oxygens (including phenoxy) is 1. The minimum Gasteiger partial charge on any atom is -0.389 e. The molecule has 1 atom stereocenters. The van der Waals surface area contributed by atoms with Gasteiger partial charge in [-0.15, -0.1) is 0 Å². The molecule has 2 rings (SSSR count). The Bertz CT molecular complexity index is 248. The largest absolute Gasteiger partial charge is 0.389 e. The van der Waals surface area contributed by atoms with Crippen LogP contribution < -0.4 is 5.32 Å². The third kappa shape index (κ3) is 5.46. The number of aliphatic hydroxyl groups is 1. The Kier molecular flexibility index (Phi) is 5.41. The Morgan fingerprint density at radius 3 is 2.65 bits per heavy atom. The van der Waals surface area contributed by atoms with Crippen molar-refractivity contribution in [1.29, 1.82) is 0 Å². The average Bonchev–Trinajstić information content (AvgIpc) is 3.12. The highest BCUT2D eigenvalue weighted by Crippen LogP contribution is 2.28. The van der Waals surface area contributed by atoms with Crippen molar-refractivity contribution in [2.45, 2.75) is 37.8 Å². The first kappa shape index (κ1) is 13.5. The number of rotatable bonds is 7. The summed E-state index contributed by atoms with van der Waals surface area (Å²) >= 11 is 0. The zero-order chi connectivity index (χ0) is 12.1. The molecular weight excluding hydrogens is 238 g/mol. The van der Waals surface area contributed by atoms with Crippen molar-refractivity contribution in [2.75, 3.05) is 31.3 Å². The van der Waals surface area contributed by atoms with Crippen LogP contribution >= 0.6 is 0 Å². The summed E-state index contributed by atoms with van der Waals surface area (Å²) in [5.41, 5.74) is 0. The molecule has 5 heteroatoms. The summed E-state index contributed by atoms with van der Waals surface area (Å²) in [5, 5.41) is 13.0. The predicted molar refractivity (Wildman–Crippen MR) is 68.5 cm³/mol. The average molecular weight is 261 g/mol. The molecule has 1 saturated carbocycles. The quantitative estimate of drug-likeness (QED) is 0.691. The molecule has 1 heterocycles. The van der Waals surface area contributed by atoms with Gasteiger partial charge in [0.05, 0.1) is 12.7 Å². The number of hydrogen-bond donors (Lipinski definition) is 2. The lowest BCUT2D eigenvalue weighted by molar-refractivity contribution is 0.0311. The van der Waals surface area contributed by atoms with Crippen LogP contribution in [0.1, 0.15) is 25.7 Å². The van der Waals surface area contributed by atoms with Crippen LogP contribution in [0, 0.1) is 5.92 Å². The molecular formula is C12H23NO3S. The van der Waals surface area contributed by atoms with Gasteiger partial charge in [0.25, 0.3) is 0 Å². The molecule has 0 aromatic rings. The van der Waals surface area contributed by atoms with Gasteiger partial charge in [-0.25, -0.2) is 0 Å². The van der Waals surface area contributed by atoms with Crippen LogP contribution in [0.2, 0.25) is 0 Å². The number of hydrogen-bond acceptors (Lipinski definition) is 4. The molecule has 0 aromatic heterocycles. The highest BCUT2D eigenvalue weighted by atomic mass is 32.2. The van der Waals surface area contributed by atoms with Crippen molar-refractivity contribution in [3.63, 3.8) is 0 Å². The zero-order valence-electron chi connectivity index (χ0n) is 10.3. The van der Waals surface area contributed by atoms with E-state index in [0.29, 0.717) is 19.2 Å². The molecule has 1 aliphatic carbocycles. The summed E-state index contributed by atoms with van der Waals surface area (Å²) in [4.78, 5) is 0. The van der Waals surface area contributed by atoms with Crippen LogP contribution in [-0.4, -0.2) is 52.7 Å². The van der Waals surface area contributed by atoms with Crippen LogP contribution in [0.15, 0.2) is 0 Å². The Hall–Kier alpha value is 0.0300. The summed E-state index contributed by atoms with van der Waals surface area (Å²) < 4.78 is 16.6. The van der Waals surface area contributed by atoms with E-state index in [9.17, 15) is 9.32 Å². The van der Waals surface area contributed by atoms with Gasteiger partial charge in [0.2, 0.25) is 0 Å². The van der Waals surface area contributed by atoms with E-state index in [1.54, 1.807) is 0 Å². The van der Waals surface area contributed by atoms with Gasteiger partial charge in [-0.05, 0) is 31.6 Å². The molecule has 4 nitrogen and oxygen atoms in total. The molecule has 100 valence electrons. The molecule has 1 unspecified atom stereocenters. The maximum Gasteiger partial charge on any atom is 0.0897 e. The smallest absolute Gasteiger partial charge is 0.0897 e. The van der Waals surface area contributed by atoms with Crippen molar-refractivity contribution in [3.8, 4) is 0 Å². The van der Waals surface area contributed by atoms with Gasteiger partial charge >= 0.3 is 0 Å². The van der Waals surface area contributed by atoms with E-state index in [1.165, 1.54) is 12.8 Å². The fraction of sp³-hybridized carbons (Fsp3) is 1.00. The molecule has 0 amide bonds. The molecule has 2 N–H and O–H groups in total. The molecule has 0 spiro atoms. The summed E-state index contributed by atoms with van der Waals surface area (Å²) in [5.74, 6) is 2.35. The fourth-order valence-electron chi connectivity index (χ4n) is 2.01. The van der Waals surface area contributed by atoms with Gasteiger partial charge in [0.15, 0.2) is 0 Å². The monoisotopic (exact) mass is 261 g/mol. The normalized spacial score (nSPS) is 31.4. The van der Waals surface area contributed by atoms with E-state index in [-0.39, 0.29) is 0 Å². The van der Waals surface area contributed by atoms with Gasteiger partial charge in [-0.3, -0.25) is 4.21 Å². The van der Waals surface area contributed by atoms with Crippen LogP contribution in [0.4, 0.5) is 0 Å². The van der Waals surface area contributed by atoms with Gasteiger partial charge in [-0.2, -0.15) is 0 Å². The lowest BCUT2D eigenvalue weighted by Crippen LogP contribution is -2.41. The van der Waals surface area contributed by atoms with E-state index in [2.05, 4.69) is 5.32 Å². The van der Waals surface area contributed by atoms with Crippen molar-refractivity contribution in [1.82, 2.24) is 5.32 Å². The SMILES string of the molecule is O=S1CCC(NCC(O)COCC2CC2)CC1. The minimum atomic E-state index is -0.606. The third-order valence-electron chi connectivity index (χ3n) is 3.39. The molecule has 2 aliphatic rings. The van der Waals surface area contributed by atoms with Gasteiger partial charge in [0.1, 0.15) is 0 Å². The van der Waals surface area contributed by atoms with Crippen molar-refractivity contribution in [3.05, 3.63) is 0 Å². The van der Waals surface area contributed by atoms with Crippen LogP contribution in [0.3, 0.4) is 0 Å². The maximum absolute atomic E-state index is 11.2. The maximum atomic E-state index is 11.2. The summed E-state index contributed by atoms with van der Waals surface area (Å²) in [6.07, 6.45) is 4.08. The third-order valence-corrected chi connectivity index (χ3v) is 4.77. The minimum absolute atomic E-state index is 0.416. The van der Waals surface area contributed by atoms with E-state index in [1.807, 2.05) is 0 Å². The molecule has 2 fully saturated rings. The standard InChI is InChI=1S/C12H23NO3S/c14-12(9-16-8-10-1-2-10)7-13-11-3-5-17(15)6-4-11/h10-14H,1-9H2. The highest BCUT2D eigenvalue weighted by molar-refractivity contribution is 7.85. The summed E-state index contributed by atoms with van der Waals surface area (Å²) in [6, 6.07) is 0.422. The van der Waals surface area contributed by atoms with Crippen molar-refractivity contribution in [2.24, 2.45) is 5.92 Å². The lowest BCUT2D eigenvalue weighted by atomic mass is 10.1. The zero-order valence-corrected chi connectivity index (χ0v) is 11.1. The first-order valence-electron chi connectivity index (χ1n) is 6.58. The molecule has 0 bridgehead atoms. The van der Waals surface area contributed by atoms with Crippen LogP contribution in [-0.2, 0) is 15.5 Å². The fourth-order valence-corrected chi connectivity index (χ4v) is 3.31. The second-order valence-corrected chi connectivity index (χ2v) is 6.86. The van der Waals surface area contributed by atoms with Crippen molar-refractivity contribution < 1.29 is 14.1 Å². The first-order valence-corrected chi connectivity index (χ1v) is 8.07. The van der Waals surface area contributed by atoms with E-state index in [0.717, 1.165) is 36.9 Å². The van der Waals surface area contributed by atoms with Crippen LogP contribution in [0.5, 0.6) is 0 Å². The number of aliphatic hydroxyl groups excluding tert-OH is 1. The molecule has 17 heavy (non-hydrogen) atoms. The number of nitrogens with one attached hydrogen (secondary N) is 1. The van der Waals surface area contributed by atoms with Crippen molar-refractivity contribution >= 4 is 10.8 Å². The molecule has 1 aliphatic heterocycles. The molecule has 1 saturated heterocycles. The Balaban J connectivity index is 1.49. The summed E-state index contributed by atoms with van der Waals surface area (Å²) in [7, 11) is -0.606. The molecule has 0 radical (unpaired) electrons.